The third kappa shape index (κ3) is 16.4. The van der Waals surface area contributed by atoms with E-state index in [9.17, 15) is 0 Å². The summed E-state index contributed by atoms with van der Waals surface area (Å²) in [6.07, 6.45) is 17.1. The maximum absolute atomic E-state index is 8.36. The third-order valence-electron chi connectivity index (χ3n) is 3.51. The lowest BCUT2D eigenvalue weighted by Gasteiger charge is -2.02. The number of nitrogens with zero attached hydrogens (tertiary/aromatic N) is 2. The quantitative estimate of drug-likeness (QED) is 0.346. The van der Waals surface area contributed by atoms with E-state index < -0.39 is 5.09 Å². The van der Waals surface area contributed by atoms with Crippen molar-refractivity contribution in [2.45, 2.75) is 77.6 Å². The van der Waals surface area contributed by atoms with E-state index in [2.05, 4.69) is 24.0 Å². The topological polar surface area (TPSA) is 76.3 Å². The van der Waals surface area contributed by atoms with Crippen molar-refractivity contribution in [2.75, 3.05) is 0 Å². The van der Waals surface area contributed by atoms with Gasteiger partial charge in [-0.05, 0) is 25.0 Å². The second kappa shape index (κ2) is 15.7. The molecule has 0 aliphatic heterocycles. The first kappa shape index (κ1) is 20.3. The van der Waals surface area contributed by atoms with Crippen molar-refractivity contribution in [2.24, 2.45) is 0 Å². The van der Waals surface area contributed by atoms with Crippen molar-refractivity contribution in [3.05, 3.63) is 40.2 Å². The predicted molar refractivity (Wildman–Crippen MR) is 88.6 cm³/mol. The number of rotatable bonds is 11. The van der Waals surface area contributed by atoms with Crippen LogP contribution in [0.5, 0.6) is 0 Å². The standard InChI is InChI=1S/C17H29N.HNO3/c1-2-3-4-5-6-7-8-9-10-11-14-17-15-12-13-16-18-17;2-1(3)4/h12-13,15-16H,2-11,14H2,1H3;(H,2,3,4). The first-order chi connectivity index (χ1) is 10.7. The van der Waals surface area contributed by atoms with Gasteiger partial charge in [0.05, 0.1) is 0 Å². The Balaban J connectivity index is 0.000000980. The first-order valence-corrected chi connectivity index (χ1v) is 8.40. The van der Waals surface area contributed by atoms with E-state index in [1.54, 1.807) is 0 Å². The fraction of sp³-hybridized carbons (Fsp3) is 0.706. The zero-order valence-electron chi connectivity index (χ0n) is 13.7. The number of aromatic nitrogens is 1. The maximum atomic E-state index is 8.36. The Morgan fingerprint density at radius 3 is 1.95 bits per heavy atom. The van der Waals surface area contributed by atoms with E-state index in [4.69, 9.17) is 15.3 Å². The fourth-order valence-electron chi connectivity index (χ4n) is 2.34. The van der Waals surface area contributed by atoms with Crippen LogP contribution >= 0.6 is 0 Å². The molecule has 126 valence electrons. The average Bonchev–Trinajstić information content (AvgIpc) is 2.50. The van der Waals surface area contributed by atoms with Crippen LogP contribution in [0.25, 0.3) is 0 Å². The van der Waals surface area contributed by atoms with Crippen molar-refractivity contribution in [3.8, 4) is 0 Å². The average molecular weight is 310 g/mol. The summed E-state index contributed by atoms with van der Waals surface area (Å²) in [5.41, 5.74) is 1.25. The molecule has 1 N–H and O–H groups in total. The van der Waals surface area contributed by atoms with Crippen LogP contribution in [-0.2, 0) is 6.42 Å². The minimum Gasteiger partial charge on any atom is -0.328 e. The molecule has 1 rings (SSSR count). The molecule has 22 heavy (non-hydrogen) atoms. The third-order valence-corrected chi connectivity index (χ3v) is 3.51. The summed E-state index contributed by atoms with van der Waals surface area (Å²) >= 11 is 0. The Labute approximate surface area is 133 Å². The summed E-state index contributed by atoms with van der Waals surface area (Å²) in [5, 5.41) is 13.6. The van der Waals surface area contributed by atoms with Gasteiger partial charge in [0.1, 0.15) is 0 Å². The van der Waals surface area contributed by atoms with Gasteiger partial charge in [0.25, 0.3) is 5.09 Å². The van der Waals surface area contributed by atoms with E-state index in [0.29, 0.717) is 0 Å². The van der Waals surface area contributed by atoms with Gasteiger partial charge < -0.3 is 5.21 Å². The molecular formula is C17H30N2O3. The molecule has 0 radical (unpaired) electrons. The van der Waals surface area contributed by atoms with Crippen LogP contribution in [0, 0.1) is 10.1 Å². The number of unbranched alkanes of at least 4 members (excludes halogenated alkanes) is 9. The lowest BCUT2D eigenvalue weighted by molar-refractivity contribution is -0.742. The van der Waals surface area contributed by atoms with E-state index in [1.165, 1.54) is 69.9 Å². The highest BCUT2D eigenvalue weighted by atomic mass is 16.9. The Hall–Kier alpha value is -1.65. The van der Waals surface area contributed by atoms with Gasteiger partial charge in [-0.3, -0.25) is 4.98 Å². The van der Waals surface area contributed by atoms with Crippen LogP contribution in [0.1, 0.15) is 76.8 Å². The van der Waals surface area contributed by atoms with Crippen molar-refractivity contribution in [1.29, 1.82) is 0 Å². The second-order valence-corrected chi connectivity index (χ2v) is 5.49. The van der Waals surface area contributed by atoms with Gasteiger partial charge in [-0.25, -0.2) is 0 Å². The lowest BCUT2D eigenvalue weighted by atomic mass is 10.1. The number of aryl methyl sites for hydroxylation is 1. The summed E-state index contributed by atoms with van der Waals surface area (Å²) in [7, 11) is 0. The maximum Gasteiger partial charge on any atom is 0.291 e. The predicted octanol–water partition coefficient (Wildman–Crippen LogP) is 5.20. The highest BCUT2D eigenvalue weighted by Gasteiger charge is 1.95. The van der Waals surface area contributed by atoms with E-state index in [-0.39, 0.29) is 0 Å². The molecule has 0 aliphatic rings. The molecule has 0 aliphatic carbocycles. The Morgan fingerprint density at radius 2 is 1.50 bits per heavy atom. The highest BCUT2D eigenvalue weighted by Crippen LogP contribution is 2.11. The zero-order chi connectivity index (χ0) is 16.5. The van der Waals surface area contributed by atoms with Gasteiger partial charge in [0, 0.05) is 11.9 Å². The van der Waals surface area contributed by atoms with Crippen molar-refractivity contribution < 1.29 is 10.3 Å². The van der Waals surface area contributed by atoms with Gasteiger partial charge >= 0.3 is 0 Å². The smallest absolute Gasteiger partial charge is 0.291 e. The number of hydrogen-bond acceptors (Lipinski definition) is 3. The fourth-order valence-corrected chi connectivity index (χ4v) is 2.34. The first-order valence-electron chi connectivity index (χ1n) is 8.40. The molecule has 5 heteroatoms. The molecule has 0 saturated heterocycles. The molecule has 0 bridgehead atoms. The van der Waals surface area contributed by atoms with E-state index in [0.717, 1.165) is 6.42 Å². The van der Waals surface area contributed by atoms with Gasteiger partial charge in [0.15, 0.2) is 0 Å². The normalized spacial score (nSPS) is 9.86. The van der Waals surface area contributed by atoms with Gasteiger partial charge in [-0.1, -0.05) is 70.8 Å². The molecule has 5 nitrogen and oxygen atoms in total. The lowest BCUT2D eigenvalue weighted by Crippen LogP contribution is -1.89. The molecule has 0 fully saturated rings. The largest absolute Gasteiger partial charge is 0.328 e. The van der Waals surface area contributed by atoms with Crippen molar-refractivity contribution in [1.82, 2.24) is 4.98 Å². The van der Waals surface area contributed by atoms with E-state index >= 15 is 0 Å². The van der Waals surface area contributed by atoms with Gasteiger partial charge in [-0.15, -0.1) is 10.1 Å². The minimum atomic E-state index is -1.50. The van der Waals surface area contributed by atoms with Gasteiger partial charge in [0.2, 0.25) is 0 Å². The molecular weight excluding hydrogens is 280 g/mol. The Morgan fingerprint density at radius 1 is 1.00 bits per heavy atom. The van der Waals surface area contributed by atoms with E-state index in [1.807, 2.05) is 12.3 Å². The van der Waals surface area contributed by atoms with Gasteiger partial charge in [-0.2, -0.15) is 0 Å². The number of hydrogen-bond donors (Lipinski definition) is 1. The van der Waals surface area contributed by atoms with Crippen LogP contribution in [0.15, 0.2) is 24.4 Å². The molecule has 0 amide bonds. The minimum absolute atomic E-state index is 1.15. The van der Waals surface area contributed by atoms with Crippen molar-refractivity contribution >= 4 is 0 Å². The van der Waals surface area contributed by atoms with Crippen LogP contribution in [-0.4, -0.2) is 15.3 Å². The molecule has 0 aromatic carbocycles. The summed E-state index contributed by atoms with van der Waals surface area (Å²) in [6, 6.07) is 6.20. The SMILES string of the molecule is CCCCCCCCCCCCc1ccccn1.O=[N+]([O-])O. The van der Waals surface area contributed by atoms with Crippen LogP contribution in [0.3, 0.4) is 0 Å². The highest BCUT2D eigenvalue weighted by molar-refractivity contribution is 5.03. The Bertz CT molecular complexity index is 354. The summed E-state index contributed by atoms with van der Waals surface area (Å²) < 4.78 is 0. The summed E-state index contributed by atoms with van der Waals surface area (Å²) in [6.45, 7) is 2.28. The Kier molecular flexibility index (Phi) is 14.6. The molecule has 0 spiro atoms. The van der Waals surface area contributed by atoms with Crippen LogP contribution < -0.4 is 0 Å². The molecule has 1 heterocycles. The second-order valence-electron chi connectivity index (χ2n) is 5.49. The number of pyridine rings is 1. The monoisotopic (exact) mass is 310 g/mol. The molecule has 1 aromatic rings. The molecule has 0 atom stereocenters. The molecule has 1 aromatic heterocycles. The molecule has 0 unspecified atom stereocenters. The zero-order valence-corrected chi connectivity index (χ0v) is 13.7. The van der Waals surface area contributed by atoms with Crippen LogP contribution in [0.4, 0.5) is 0 Å². The van der Waals surface area contributed by atoms with Crippen molar-refractivity contribution in [3.63, 3.8) is 0 Å². The molecule has 0 saturated carbocycles. The summed E-state index contributed by atoms with van der Waals surface area (Å²) in [5.74, 6) is 0. The summed E-state index contributed by atoms with van der Waals surface area (Å²) in [4.78, 5) is 12.7. The van der Waals surface area contributed by atoms with Crippen LogP contribution in [0.2, 0.25) is 0 Å².